The maximum absolute atomic E-state index is 10.6. The van der Waals surface area contributed by atoms with Crippen LogP contribution < -0.4 is 15.9 Å². The summed E-state index contributed by atoms with van der Waals surface area (Å²) >= 11 is 0. The molecule has 0 radical (unpaired) electrons. The minimum Gasteiger partial charge on any atom is -0.508 e. The number of benzene rings is 2. The molecule has 1 heterocycles. The molecule has 0 saturated heterocycles. The van der Waals surface area contributed by atoms with Gasteiger partial charge in [-0.25, -0.2) is 0 Å². The molecule has 0 atom stereocenters. The molecule has 0 unspecified atom stereocenters. The van der Waals surface area contributed by atoms with Crippen LogP contribution >= 0.6 is 0 Å². The van der Waals surface area contributed by atoms with Gasteiger partial charge in [-0.15, -0.1) is 5.10 Å². The number of ether oxygens (including phenoxy) is 1. The summed E-state index contributed by atoms with van der Waals surface area (Å²) in [6.45, 7) is 1.94. The van der Waals surface area contributed by atoms with Crippen LogP contribution in [0.5, 0.6) is 5.75 Å². The Morgan fingerprint density at radius 2 is 2.04 bits per heavy atom. The number of hydrogen-bond donors (Lipinski definition) is 2. The van der Waals surface area contributed by atoms with Gasteiger partial charge in [0.1, 0.15) is 5.75 Å². The zero-order chi connectivity index (χ0) is 19.6. The van der Waals surface area contributed by atoms with Crippen molar-refractivity contribution < 1.29 is 19.2 Å². The summed E-state index contributed by atoms with van der Waals surface area (Å²) in [5.74, 6) is 0.755. The van der Waals surface area contributed by atoms with Crippen LogP contribution in [0.1, 0.15) is 11.3 Å². The first-order chi connectivity index (χ1) is 13.0. The van der Waals surface area contributed by atoms with Gasteiger partial charge >= 0.3 is 7.12 Å². The minimum atomic E-state index is -1.56. The molecular formula is C18H15BN4O4. The quantitative estimate of drug-likeness (QED) is 0.506. The number of aryl methyl sites for hydroxylation is 1. The maximum atomic E-state index is 10.6. The lowest BCUT2D eigenvalue weighted by Crippen LogP contribution is -2.35. The van der Waals surface area contributed by atoms with Crippen LogP contribution in [0.25, 0.3) is 21.9 Å². The zero-order valence-corrected chi connectivity index (χ0v) is 14.6. The molecule has 0 aliphatic heterocycles. The molecule has 0 fully saturated rings. The van der Waals surface area contributed by atoms with Gasteiger partial charge in [-0.3, -0.25) is 4.79 Å². The van der Waals surface area contributed by atoms with Crippen LogP contribution in [0.3, 0.4) is 0 Å². The van der Waals surface area contributed by atoms with E-state index in [4.69, 9.17) is 10.5 Å². The standard InChI is InChI=1S/C18H15BN4O4/c1-10-14-5-11(3-4-13(14)18(21)23-22-10)15-7-16(19(25)27-9-24)12(8-20)6-17(15)26-2/h3-7,9,25H,1-2H3,(H2,21,23). The first-order valence-electron chi connectivity index (χ1n) is 7.92. The van der Waals surface area contributed by atoms with Gasteiger partial charge < -0.3 is 20.1 Å². The summed E-state index contributed by atoms with van der Waals surface area (Å²) < 4.78 is 10.00. The van der Waals surface area contributed by atoms with Crippen molar-refractivity contribution in [1.82, 2.24) is 10.2 Å². The molecule has 1 aromatic heterocycles. The highest BCUT2D eigenvalue weighted by Crippen LogP contribution is 2.33. The zero-order valence-electron chi connectivity index (χ0n) is 14.6. The SMILES string of the molecule is COc1cc(C#N)c(B(O)OC=O)cc1-c1ccc2c(N)nnc(C)c2c1. The van der Waals surface area contributed by atoms with Crippen LogP contribution in [0.15, 0.2) is 30.3 Å². The van der Waals surface area contributed by atoms with E-state index in [1.165, 1.54) is 13.2 Å². The Bertz CT molecular complexity index is 1080. The van der Waals surface area contributed by atoms with Gasteiger partial charge in [0.15, 0.2) is 5.82 Å². The molecule has 3 aromatic rings. The molecular weight excluding hydrogens is 347 g/mol. The summed E-state index contributed by atoms with van der Waals surface area (Å²) in [5, 5.41) is 28.9. The lowest BCUT2D eigenvalue weighted by atomic mass is 9.75. The van der Waals surface area contributed by atoms with Gasteiger partial charge in [0.2, 0.25) is 0 Å². The van der Waals surface area contributed by atoms with Crippen LogP contribution in [0.2, 0.25) is 0 Å². The minimum absolute atomic E-state index is 0.122. The van der Waals surface area contributed by atoms with Crippen molar-refractivity contribution >= 4 is 35.6 Å². The molecule has 134 valence electrons. The molecule has 0 spiro atoms. The van der Waals surface area contributed by atoms with Crippen LogP contribution in [0.4, 0.5) is 5.82 Å². The number of fused-ring (bicyclic) bond motifs is 1. The van der Waals surface area contributed by atoms with E-state index >= 15 is 0 Å². The van der Waals surface area contributed by atoms with E-state index in [2.05, 4.69) is 14.9 Å². The van der Waals surface area contributed by atoms with Gasteiger partial charge in [0.05, 0.1) is 24.4 Å². The molecule has 2 aromatic carbocycles. The Kier molecular flexibility index (Phi) is 4.92. The molecule has 0 amide bonds. The van der Waals surface area contributed by atoms with E-state index < -0.39 is 7.12 Å². The lowest BCUT2D eigenvalue weighted by molar-refractivity contribution is -0.121. The highest BCUT2D eigenvalue weighted by atomic mass is 16.5. The third-order valence-corrected chi connectivity index (χ3v) is 4.25. The molecule has 8 nitrogen and oxygen atoms in total. The Labute approximate surface area is 155 Å². The van der Waals surface area contributed by atoms with Crippen LogP contribution in [-0.2, 0) is 9.45 Å². The Balaban J connectivity index is 2.25. The number of carbonyl (C=O) groups excluding carboxylic acids is 1. The summed E-state index contributed by atoms with van der Waals surface area (Å²) in [5.41, 5.74) is 8.24. The highest BCUT2D eigenvalue weighted by molar-refractivity contribution is 6.62. The fourth-order valence-corrected chi connectivity index (χ4v) is 2.89. The number of nitriles is 1. The van der Waals surface area contributed by atoms with Crippen molar-refractivity contribution in [3.8, 4) is 22.9 Å². The third-order valence-electron chi connectivity index (χ3n) is 4.25. The Morgan fingerprint density at radius 3 is 2.70 bits per heavy atom. The Hall–Kier alpha value is -3.64. The van der Waals surface area contributed by atoms with Crippen molar-refractivity contribution in [3.05, 3.63) is 41.6 Å². The number of nitrogen functional groups attached to an aromatic ring is 1. The van der Waals surface area contributed by atoms with Gasteiger partial charge in [0, 0.05) is 21.8 Å². The van der Waals surface area contributed by atoms with Crippen molar-refractivity contribution in [2.75, 3.05) is 12.8 Å². The maximum Gasteiger partial charge on any atom is 0.563 e. The second kappa shape index (κ2) is 7.31. The van der Waals surface area contributed by atoms with Gasteiger partial charge in [0.25, 0.3) is 6.47 Å². The number of carbonyl (C=O) groups is 1. The van der Waals surface area contributed by atoms with Gasteiger partial charge in [-0.2, -0.15) is 10.4 Å². The largest absolute Gasteiger partial charge is 0.563 e. The third kappa shape index (κ3) is 3.26. The molecule has 0 saturated carbocycles. The number of rotatable bonds is 5. The normalized spacial score (nSPS) is 10.3. The smallest absolute Gasteiger partial charge is 0.508 e. The Morgan fingerprint density at radius 1 is 1.26 bits per heavy atom. The first kappa shape index (κ1) is 18.2. The molecule has 0 aliphatic carbocycles. The van der Waals surface area contributed by atoms with E-state index in [0.29, 0.717) is 22.8 Å². The fourth-order valence-electron chi connectivity index (χ4n) is 2.89. The van der Waals surface area contributed by atoms with E-state index in [-0.39, 0.29) is 17.5 Å². The molecule has 0 bridgehead atoms. The number of methoxy groups -OCH3 is 1. The average molecular weight is 362 g/mol. The highest BCUT2D eigenvalue weighted by Gasteiger charge is 2.25. The molecule has 9 heteroatoms. The molecule has 3 N–H and O–H groups in total. The van der Waals surface area contributed by atoms with Gasteiger partial charge in [-0.05, 0) is 36.8 Å². The van der Waals surface area contributed by atoms with Crippen molar-refractivity contribution in [3.63, 3.8) is 0 Å². The summed E-state index contributed by atoms with van der Waals surface area (Å²) in [6.07, 6.45) is 0. The molecule has 27 heavy (non-hydrogen) atoms. The molecule has 0 aliphatic rings. The predicted octanol–water partition coefficient (Wildman–Crippen LogP) is 0.928. The van der Waals surface area contributed by atoms with Crippen molar-refractivity contribution in [1.29, 1.82) is 5.26 Å². The van der Waals surface area contributed by atoms with E-state index in [1.807, 2.05) is 31.2 Å². The second-order valence-electron chi connectivity index (χ2n) is 5.77. The summed E-state index contributed by atoms with van der Waals surface area (Å²) in [6, 6.07) is 10.5. The van der Waals surface area contributed by atoms with Crippen molar-refractivity contribution in [2.45, 2.75) is 6.92 Å². The predicted molar refractivity (Wildman–Crippen MR) is 100 cm³/mol. The monoisotopic (exact) mass is 362 g/mol. The lowest BCUT2D eigenvalue weighted by Gasteiger charge is -2.14. The van der Waals surface area contributed by atoms with Gasteiger partial charge in [-0.1, -0.05) is 6.07 Å². The number of anilines is 1. The fraction of sp³-hybridized carbons (Fsp3) is 0.111. The molecule has 3 rings (SSSR count). The second-order valence-corrected chi connectivity index (χ2v) is 5.77. The van der Waals surface area contributed by atoms with Crippen LogP contribution in [0, 0.1) is 18.3 Å². The van der Waals surface area contributed by atoms with Crippen molar-refractivity contribution in [2.24, 2.45) is 0 Å². The number of nitrogens with zero attached hydrogens (tertiary/aromatic N) is 3. The first-order valence-corrected chi connectivity index (χ1v) is 7.92. The summed E-state index contributed by atoms with van der Waals surface area (Å²) in [4.78, 5) is 10.6. The topological polar surface area (TPSA) is 131 Å². The number of nitrogens with two attached hydrogens (primary N) is 1. The van der Waals surface area contributed by atoms with Crippen LogP contribution in [-0.4, -0.2) is 35.9 Å². The summed E-state index contributed by atoms with van der Waals surface area (Å²) in [7, 11) is -0.0844. The average Bonchev–Trinajstić information content (AvgIpc) is 2.69. The van der Waals surface area contributed by atoms with E-state index in [1.54, 1.807) is 6.07 Å². The van der Waals surface area contributed by atoms with E-state index in [0.717, 1.165) is 16.3 Å². The number of aromatic nitrogens is 2. The number of hydrogen-bond acceptors (Lipinski definition) is 8. The van der Waals surface area contributed by atoms with E-state index in [9.17, 15) is 15.1 Å².